The summed E-state index contributed by atoms with van der Waals surface area (Å²) in [5.41, 5.74) is 1.51. The molecular weight excluding hydrogens is 495 g/mol. The normalized spacial score (nSPS) is 11.8. The van der Waals surface area contributed by atoms with E-state index in [-0.39, 0.29) is 35.3 Å². The van der Waals surface area contributed by atoms with Crippen LogP contribution < -0.4 is 20.1 Å². The Morgan fingerprint density at radius 1 is 1.16 bits per heavy atom. The molecule has 1 unspecified atom stereocenters. The third-order valence-electron chi connectivity index (χ3n) is 4.91. The van der Waals surface area contributed by atoms with Crippen LogP contribution in [-0.2, 0) is 11.3 Å². The second kappa shape index (κ2) is 10.9. The molecule has 4 heterocycles. The van der Waals surface area contributed by atoms with Crippen LogP contribution in [0.5, 0.6) is 11.6 Å². The fourth-order valence-corrected chi connectivity index (χ4v) is 3.29. The van der Waals surface area contributed by atoms with Gasteiger partial charge in [-0.25, -0.2) is 23.3 Å². The maximum absolute atomic E-state index is 13.4. The van der Waals surface area contributed by atoms with E-state index >= 15 is 0 Å². The van der Waals surface area contributed by atoms with Crippen molar-refractivity contribution < 1.29 is 32.2 Å². The smallest absolute Gasteiger partial charge is 0.304 e. The van der Waals surface area contributed by atoms with Gasteiger partial charge in [0.25, 0.3) is 12.3 Å². The average molecular weight is 515 g/mol. The Morgan fingerprint density at radius 3 is 2.70 bits per heavy atom. The van der Waals surface area contributed by atoms with Gasteiger partial charge in [0.2, 0.25) is 11.8 Å². The number of carbonyl (C=O) groups excluding carboxylic acids is 2. The largest absolute Gasteiger partial charge is 0.480 e. The van der Waals surface area contributed by atoms with Gasteiger partial charge in [-0.15, -0.1) is 0 Å². The summed E-state index contributed by atoms with van der Waals surface area (Å²) in [7, 11) is 1.34. The standard InChI is InChI=1S/C23H20F3N7O4/c1-12(34)30-18-11-33-19(31-18)6-5-15(32-33)13-8-14(23(36-2)29-9-13)22(35)28-10-16-17(4-3-7-27-16)37-21(26)20(24)25/h3-9,11,20-21H,10H2,1-2H3,(H,28,35)(H,30,34). The summed E-state index contributed by atoms with van der Waals surface area (Å²) in [6.07, 6.45) is -1.83. The molecule has 0 saturated heterocycles. The zero-order valence-corrected chi connectivity index (χ0v) is 19.5. The summed E-state index contributed by atoms with van der Waals surface area (Å²) in [6.45, 7) is 1.12. The number of alkyl halides is 3. The summed E-state index contributed by atoms with van der Waals surface area (Å²) >= 11 is 0. The lowest BCUT2D eigenvalue weighted by atomic mass is 10.1. The molecular formula is C23H20F3N7O4. The lowest BCUT2D eigenvalue weighted by molar-refractivity contribution is -0.114. The molecule has 192 valence electrons. The highest BCUT2D eigenvalue weighted by atomic mass is 19.3. The first-order valence-corrected chi connectivity index (χ1v) is 10.7. The van der Waals surface area contributed by atoms with E-state index < -0.39 is 18.7 Å². The van der Waals surface area contributed by atoms with Gasteiger partial charge in [-0.1, -0.05) is 0 Å². The predicted octanol–water partition coefficient (Wildman–Crippen LogP) is 3.02. The number of anilines is 1. The number of methoxy groups -OCH3 is 1. The van der Waals surface area contributed by atoms with Crippen molar-refractivity contribution in [2.45, 2.75) is 26.3 Å². The Kier molecular flexibility index (Phi) is 7.46. The molecule has 0 saturated carbocycles. The van der Waals surface area contributed by atoms with E-state index in [2.05, 4.69) is 35.4 Å². The van der Waals surface area contributed by atoms with E-state index in [0.29, 0.717) is 22.7 Å². The molecule has 4 aromatic rings. The van der Waals surface area contributed by atoms with Gasteiger partial charge in [0.1, 0.15) is 17.0 Å². The van der Waals surface area contributed by atoms with Crippen LogP contribution in [0.3, 0.4) is 0 Å². The summed E-state index contributed by atoms with van der Waals surface area (Å²) in [5.74, 6) is -0.773. The van der Waals surface area contributed by atoms with Crippen LogP contribution >= 0.6 is 0 Å². The van der Waals surface area contributed by atoms with Crippen molar-refractivity contribution in [3.63, 3.8) is 0 Å². The quantitative estimate of drug-likeness (QED) is 0.348. The second-order valence-electron chi connectivity index (χ2n) is 7.54. The van der Waals surface area contributed by atoms with Crippen molar-refractivity contribution >= 4 is 23.3 Å². The first-order valence-electron chi connectivity index (χ1n) is 10.7. The molecule has 4 rings (SSSR count). The minimum absolute atomic E-state index is 0.0249. The molecule has 2 N–H and O–H groups in total. The van der Waals surface area contributed by atoms with Gasteiger partial charge in [0.15, 0.2) is 11.5 Å². The van der Waals surface area contributed by atoms with Gasteiger partial charge in [-0.05, 0) is 30.3 Å². The number of fused-ring (bicyclic) bond motifs is 1. The highest BCUT2D eigenvalue weighted by Gasteiger charge is 2.23. The van der Waals surface area contributed by atoms with Gasteiger partial charge in [-0.3, -0.25) is 14.6 Å². The molecule has 0 bridgehead atoms. The predicted molar refractivity (Wildman–Crippen MR) is 124 cm³/mol. The molecule has 11 nitrogen and oxygen atoms in total. The van der Waals surface area contributed by atoms with Gasteiger partial charge < -0.3 is 20.1 Å². The number of pyridine rings is 2. The number of nitrogens with one attached hydrogen (secondary N) is 2. The van der Waals surface area contributed by atoms with Crippen molar-refractivity contribution in [2.75, 3.05) is 12.4 Å². The first kappa shape index (κ1) is 25.3. The van der Waals surface area contributed by atoms with Crippen LogP contribution in [0.4, 0.5) is 19.0 Å². The van der Waals surface area contributed by atoms with E-state index in [1.54, 1.807) is 12.1 Å². The zero-order valence-electron chi connectivity index (χ0n) is 19.5. The first-order chi connectivity index (χ1) is 17.7. The number of carbonyl (C=O) groups is 2. The number of rotatable bonds is 9. The van der Waals surface area contributed by atoms with Crippen molar-refractivity contribution in [2.24, 2.45) is 0 Å². The van der Waals surface area contributed by atoms with Crippen LogP contribution in [0.15, 0.2) is 48.9 Å². The Hall–Kier alpha value is -4.75. The molecule has 0 fully saturated rings. The highest BCUT2D eigenvalue weighted by Crippen LogP contribution is 2.25. The number of amides is 2. The van der Waals surface area contributed by atoms with Crippen molar-refractivity contribution in [1.82, 2.24) is 29.9 Å². The number of nitrogens with zero attached hydrogens (tertiary/aromatic N) is 5. The number of hydrogen-bond donors (Lipinski definition) is 2. The number of hydrogen-bond acceptors (Lipinski definition) is 8. The molecule has 0 radical (unpaired) electrons. The summed E-state index contributed by atoms with van der Waals surface area (Å²) < 4.78 is 49.7. The van der Waals surface area contributed by atoms with Crippen LogP contribution in [0.25, 0.3) is 16.9 Å². The Labute approximate surface area is 207 Å². The fourth-order valence-electron chi connectivity index (χ4n) is 3.29. The summed E-state index contributed by atoms with van der Waals surface area (Å²) in [5, 5.41) is 9.59. The number of aromatic nitrogens is 5. The van der Waals surface area contributed by atoms with E-state index in [9.17, 15) is 22.8 Å². The maximum Gasteiger partial charge on any atom is 0.304 e. The molecule has 0 aliphatic heterocycles. The topological polar surface area (TPSA) is 133 Å². The molecule has 4 aromatic heterocycles. The molecule has 0 aliphatic carbocycles. The van der Waals surface area contributed by atoms with Gasteiger partial charge in [0, 0.05) is 24.9 Å². The molecule has 1 atom stereocenters. The summed E-state index contributed by atoms with van der Waals surface area (Å²) in [4.78, 5) is 36.6. The lowest BCUT2D eigenvalue weighted by Gasteiger charge is -2.14. The monoisotopic (exact) mass is 515 g/mol. The Bertz CT molecular complexity index is 1450. The summed E-state index contributed by atoms with van der Waals surface area (Å²) in [6, 6.07) is 7.50. The number of halogens is 3. The SMILES string of the molecule is COc1ncc(-c2ccc3nc(NC(C)=O)cn3n2)cc1C(=O)NCc1ncccc1OC(F)C(F)F. The Balaban J connectivity index is 1.56. The van der Waals surface area contributed by atoms with Crippen LogP contribution in [0.1, 0.15) is 23.0 Å². The fraction of sp³-hybridized carbons (Fsp3) is 0.217. The Morgan fingerprint density at radius 2 is 1.97 bits per heavy atom. The van der Waals surface area contributed by atoms with Gasteiger partial charge >= 0.3 is 6.43 Å². The number of ether oxygens (including phenoxy) is 2. The van der Waals surface area contributed by atoms with Gasteiger partial charge in [0.05, 0.1) is 25.5 Å². The van der Waals surface area contributed by atoms with E-state index in [1.807, 2.05) is 0 Å². The minimum atomic E-state index is -3.34. The number of imidazole rings is 1. The third-order valence-corrected chi connectivity index (χ3v) is 4.91. The minimum Gasteiger partial charge on any atom is -0.480 e. The van der Waals surface area contributed by atoms with Crippen LogP contribution in [-0.4, -0.2) is 56.3 Å². The third kappa shape index (κ3) is 5.91. The van der Waals surface area contributed by atoms with Crippen molar-refractivity contribution in [1.29, 1.82) is 0 Å². The second-order valence-corrected chi connectivity index (χ2v) is 7.54. The lowest BCUT2D eigenvalue weighted by Crippen LogP contribution is -2.26. The van der Waals surface area contributed by atoms with E-state index in [0.717, 1.165) is 0 Å². The highest BCUT2D eigenvalue weighted by molar-refractivity contribution is 5.97. The van der Waals surface area contributed by atoms with Gasteiger partial charge in [-0.2, -0.15) is 9.49 Å². The van der Waals surface area contributed by atoms with E-state index in [4.69, 9.17) is 4.74 Å². The zero-order chi connectivity index (χ0) is 26.5. The van der Waals surface area contributed by atoms with Crippen molar-refractivity contribution in [3.8, 4) is 22.9 Å². The van der Waals surface area contributed by atoms with Crippen molar-refractivity contribution in [3.05, 3.63) is 60.2 Å². The van der Waals surface area contributed by atoms with Crippen LogP contribution in [0.2, 0.25) is 0 Å². The molecule has 0 spiro atoms. The molecule has 0 aliphatic rings. The average Bonchev–Trinajstić information content (AvgIpc) is 3.28. The van der Waals surface area contributed by atoms with E-state index in [1.165, 1.54) is 55.3 Å². The maximum atomic E-state index is 13.4. The molecule has 14 heteroatoms. The molecule has 0 aromatic carbocycles. The van der Waals surface area contributed by atoms with Crippen LogP contribution in [0, 0.1) is 0 Å². The molecule has 2 amide bonds. The molecule has 37 heavy (non-hydrogen) atoms.